The quantitative estimate of drug-likeness (QED) is 0.422. The second-order valence-electron chi connectivity index (χ2n) is 5.26. The van der Waals surface area contributed by atoms with Crippen molar-refractivity contribution in [3.63, 3.8) is 0 Å². The summed E-state index contributed by atoms with van der Waals surface area (Å²) < 4.78 is 1.34. The smallest absolute Gasteiger partial charge is 0.312 e. The fourth-order valence-electron chi connectivity index (χ4n) is 2.08. The maximum absolute atomic E-state index is 12.1. The highest BCUT2D eigenvalue weighted by Gasteiger charge is 2.27. The molecule has 1 aliphatic carbocycles. The van der Waals surface area contributed by atoms with Gasteiger partial charge in [-0.25, -0.2) is 0 Å². The summed E-state index contributed by atoms with van der Waals surface area (Å²) in [6.07, 6.45) is 2.14. The number of rotatable bonds is 4. The lowest BCUT2D eigenvalue weighted by molar-refractivity contribution is -0.386. The Bertz CT molecular complexity index is 625. The number of thiocarbonyl (C=S) groups is 1. The van der Waals surface area contributed by atoms with Crippen molar-refractivity contribution in [2.75, 3.05) is 0 Å². The third kappa shape index (κ3) is 3.50. The fourth-order valence-corrected chi connectivity index (χ4v) is 2.30. The predicted octanol–water partition coefficient (Wildman–Crippen LogP) is 0.627. The number of hydrazine groups is 1. The predicted molar refractivity (Wildman–Crippen MR) is 83.1 cm³/mol. The molecule has 0 aromatic carbocycles. The van der Waals surface area contributed by atoms with E-state index >= 15 is 0 Å². The standard InChI is InChI=1S/C12H18N6O3S/c1-6-10(18(20)21)7(2)17(16-6)8(3)11(19)14-15-12(22)13-9-4-5-9/h8-9H,4-5H2,1-3H3,(H,14,19)(H2,13,15,22)/t8-/m0/s1. The van der Waals surface area contributed by atoms with Gasteiger partial charge in [0.1, 0.15) is 17.4 Å². The van der Waals surface area contributed by atoms with Crippen molar-refractivity contribution in [3.8, 4) is 0 Å². The van der Waals surface area contributed by atoms with Crippen molar-refractivity contribution in [3.05, 3.63) is 21.5 Å². The molecule has 0 saturated heterocycles. The number of nitro groups is 1. The van der Waals surface area contributed by atoms with Gasteiger partial charge in [0.05, 0.1) is 4.92 Å². The molecule has 3 N–H and O–H groups in total. The van der Waals surface area contributed by atoms with Crippen LogP contribution in [0.2, 0.25) is 0 Å². The summed E-state index contributed by atoms with van der Waals surface area (Å²) in [6.45, 7) is 4.71. The molecule has 1 fully saturated rings. The van der Waals surface area contributed by atoms with Gasteiger partial charge in [-0.3, -0.25) is 30.4 Å². The van der Waals surface area contributed by atoms with Crippen LogP contribution in [0.5, 0.6) is 0 Å². The number of nitrogens with zero attached hydrogens (tertiary/aromatic N) is 3. The molecular weight excluding hydrogens is 308 g/mol. The SMILES string of the molecule is Cc1nn([C@@H](C)C(=O)NNC(=S)NC2CC2)c(C)c1[N+](=O)[O-]. The summed E-state index contributed by atoms with van der Waals surface area (Å²) in [7, 11) is 0. The van der Waals surface area contributed by atoms with Gasteiger partial charge in [-0.15, -0.1) is 0 Å². The van der Waals surface area contributed by atoms with Gasteiger partial charge in [0.25, 0.3) is 5.91 Å². The van der Waals surface area contributed by atoms with E-state index in [2.05, 4.69) is 21.3 Å². The highest BCUT2D eigenvalue weighted by molar-refractivity contribution is 7.80. The van der Waals surface area contributed by atoms with Crippen LogP contribution in [-0.2, 0) is 4.79 Å². The van der Waals surface area contributed by atoms with E-state index in [9.17, 15) is 14.9 Å². The Kier molecular flexibility index (Phi) is 4.59. The number of amides is 1. The van der Waals surface area contributed by atoms with E-state index in [0.29, 0.717) is 16.8 Å². The van der Waals surface area contributed by atoms with E-state index in [1.165, 1.54) is 4.68 Å². The second kappa shape index (κ2) is 6.26. The van der Waals surface area contributed by atoms with Crippen LogP contribution in [0.1, 0.15) is 37.2 Å². The van der Waals surface area contributed by atoms with E-state index in [1.54, 1.807) is 20.8 Å². The minimum atomic E-state index is -0.705. The molecule has 1 aliphatic rings. The minimum Gasteiger partial charge on any atom is -0.359 e. The molecule has 1 amide bonds. The number of hydrogen-bond acceptors (Lipinski definition) is 5. The molecule has 22 heavy (non-hydrogen) atoms. The van der Waals surface area contributed by atoms with E-state index in [4.69, 9.17) is 12.2 Å². The van der Waals surface area contributed by atoms with Crippen molar-refractivity contribution in [1.29, 1.82) is 0 Å². The summed E-state index contributed by atoms with van der Waals surface area (Å²) in [6, 6.07) is -0.323. The average molecular weight is 326 g/mol. The molecule has 1 saturated carbocycles. The Morgan fingerprint density at radius 1 is 1.45 bits per heavy atom. The van der Waals surface area contributed by atoms with Gasteiger partial charge in [0.15, 0.2) is 5.11 Å². The van der Waals surface area contributed by atoms with Crippen molar-refractivity contribution in [1.82, 2.24) is 25.9 Å². The monoisotopic (exact) mass is 326 g/mol. The second-order valence-corrected chi connectivity index (χ2v) is 5.67. The van der Waals surface area contributed by atoms with Crippen molar-refractivity contribution in [2.24, 2.45) is 0 Å². The molecule has 2 rings (SSSR count). The molecule has 0 aliphatic heterocycles. The first-order valence-corrected chi connectivity index (χ1v) is 7.28. The van der Waals surface area contributed by atoms with Crippen LogP contribution < -0.4 is 16.2 Å². The minimum absolute atomic E-state index is 0.0708. The zero-order valence-electron chi connectivity index (χ0n) is 12.5. The topological polar surface area (TPSA) is 114 Å². The summed E-state index contributed by atoms with van der Waals surface area (Å²) in [5.41, 5.74) is 5.63. The first kappa shape index (κ1) is 16.1. The molecule has 1 atom stereocenters. The third-order valence-electron chi connectivity index (χ3n) is 3.43. The van der Waals surface area contributed by atoms with Crippen LogP contribution in [0.15, 0.2) is 0 Å². The molecule has 0 bridgehead atoms. The van der Waals surface area contributed by atoms with Crippen molar-refractivity contribution >= 4 is 28.9 Å². The number of aryl methyl sites for hydroxylation is 1. The number of carbonyl (C=O) groups excluding carboxylic acids is 1. The van der Waals surface area contributed by atoms with Crippen LogP contribution in [0.3, 0.4) is 0 Å². The lowest BCUT2D eigenvalue weighted by Crippen LogP contribution is -2.49. The lowest BCUT2D eigenvalue weighted by Gasteiger charge is -2.16. The molecule has 10 heteroatoms. The Hall–Kier alpha value is -2.23. The van der Waals surface area contributed by atoms with Crippen molar-refractivity contribution < 1.29 is 9.72 Å². The number of aromatic nitrogens is 2. The van der Waals surface area contributed by atoms with Gasteiger partial charge in [0, 0.05) is 6.04 Å². The van der Waals surface area contributed by atoms with Crippen LogP contribution in [-0.4, -0.2) is 31.8 Å². The number of carbonyl (C=O) groups is 1. The lowest BCUT2D eigenvalue weighted by atomic mass is 10.3. The van der Waals surface area contributed by atoms with Crippen LogP contribution >= 0.6 is 12.2 Å². The van der Waals surface area contributed by atoms with Gasteiger partial charge < -0.3 is 5.32 Å². The summed E-state index contributed by atoms with van der Waals surface area (Å²) in [5.74, 6) is -0.388. The number of nitrogens with one attached hydrogen (secondary N) is 3. The first-order chi connectivity index (χ1) is 10.3. The van der Waals surface area contributed by atoms with Gasteiger partial charge >= 0.3 is 5.69 Å². The largest absolute Gasteiger partial charge is 0.359 e. The van der Waals surface area contributed by atoms with E-state index in [0.717, 1.165) is 12.8 Å². The van der Waals surface area contributed by atoms with Gasteiger partial charge in [0.2, 0.25) is 0 Å². The molecule has 9 nitrogen and oxygen atoms in total. The summed E-state index contributed by atoms with van der Waals surface area (Å²) in [4.78, 5) is 22.6. The Labute approximate surface area is 132 Å². The molecular formula is C12H18N6O3S. The highest BCUT2D eigenvalue weighted by Crippen LogP contribution is 2.24. The zero-order valence-corrected chi connectivity index (χ0v) is 13.4. The zero-order chi connectivity index (χ0) is 16.4. The summed E-state index contributed by atoms with van der Waals surface area (Å²) >= 11 is 5.03. The third-order valence-corrected chi connectivity index (χ3v) is 3.65. The maximum Gasteiger partial charge on any atom is 0.312 e. The highest BCUT2D eigenvalue weighted by atomic mass is 32.1. The first-order valence-electron chi connectivity index (χ1n) is 6.87. The van der Waals surface area contributed by atoms with Gasteiger partial charge in [-0.05, 0) is 45.8 Å². The molecule has 0 spiro atoms. The fraction of sp³-hybridized carbons (Fsp3) is 0.583. The van der Waals surface area contributed by atoms with E-state index in [1.807, 2.05) is 0 Å². The van der Waals surface area contributed by atoms with Crippen molar-refractivity contribution in [2.45, 2.75) is 45.7 Å². The molecule has 120 valence electrons. The molecule has 0 unspecified atom stereocenters. The Balaban J connectivity index is 1.99. The van der Waals surface area contributed by atoms with Crippen LogP contribution in [0, 0.1) is 24.0 Å². The van der Waals surface area contributed by atoms with E-state index < -0.39 is 11.0 Å². The Morgan fingerprint density at radius 3 is 2.59 bits per heavy atom. The Morgan fingerprint density at radius 2 is 2.09 bits per heavy atom. The molecule has 1 heterocycles. The van der Waals surface area contributed by atoms with Gasteiger partial charge in [-0.2, -0.15) is 5.10 Å². The molecule has 1 aromatic heterocycles. The van der Waals surface area contributed by atoms with Gasteiger partial charge in [-0.1, -0.05) is 0 Å². The summed E-state index contributed by atoms with van der Waals surface area (Å²) in [5, 5.41) is 18.4. The normalized spacial score (nSPS) is 15.0. The van der Waals surface area contributed by atoms with Crippen LogP contribution in [0.25, 0.3) is 0 Å². The molecule has 0 radical (unpaired) electrons. The number of hydrogen-bond donors (Lipinski definition) is 3. The van der Waals surface area contributed by atoms with E-state index in [-0.39, 0.29) is 17.3 Å². The molecule has 1 aromatic rings. The maximum atomic E-state index is 12.1. The van der Waals surface area contributed by atoms with Crippen LogP contribution in [0.4, 0.5) is 5.69 Å². The average Bonchev–Trinajstić information content (AvgIpc) is 3.19.